The Balaban J connectivity index is 2.28. The zero-order valence-electron chi connectivity index (χ0n) is 13.8. The van der Waals surface area contributed by atoms with Gasteiger partial charge in [-0.05, 0) is 17.7 Å². The average Bonchev–Trinajstić information content (AvgIpc) is 2.89. The van der Waals surface area contributed by atoms with Gasteiger partial charge in [0, 0.05) is 18.3 Å². The van der Waals surface area contributed by atoms with E-state index in [4.69, 9.17) is 4.74 Å². The molecule has 0 unspecified atom stereocenters. The summed E-state index contributed by atoms with van der Waals surface area (Å²) < 4.78 is 5.12. The van der Waals surface area contributed by atoms with E-state index in [0.717, 1.165) is 0 Å². The van der Waals surface area contributed by atoms with Gasteiger partial charge in [-0.25, -0.2) is 0 Å². The molecule has 2 bridgehead atoms. The van der Waals surface area contributed by atoms with Crippen LogP contribution in [-0.2, 0) is 4.79 Å². The largest absolute Gasteiger partial charge is 0.497 e. The standard InChI is InChI=1S/C18H16N4O3/c1-11-14(12-3-5-13(25-2)6-4-12)17(9-20,10-21)16(8-19)7-18(11,24)22-15(16)23/h3-6,11,14,24H,7H2,1-2H3,(H,22,23)/t11-,14-,16-,18+/m1/s1. The van der Waals surface area contributed by atoms with Gasteiger partial charge in [0.2, 0.25) is 5.91 Å². The second-order valence-corrected chi connectivity index (χ2v) is 6.64. The van der Waals surface area contributed by atoms with E-state index < -0.39 is 34.3 Å². The molecule has 0 aromatic heterocycles. The molecule has 1 saturated heterocycles. The van der Waals surface area contributed by atoms with Crippen molar-refractivity contribution in [1.29, 1.82) is 15.8 Å². The molecule has 3 rings (SSSR count). The Labute approximate surface area is 145 Å². The Kier molecular flexibility index (Phi) is 3.49. The van der Waals surface area contributed by atoms with Crippen molar-refractivity contribution < 1.29 is 14.6 Å². The third kappa shape index (κ3) is 1.83. The molecule has 1 aliphatic heterocycles. The summed E-state index contributed by atoms with van der Waals surface area (Å²) in [7, 11) is 1.52. The van der Waals surface area contributed by atoms with E-state index in [0.29, 0.717) is 11.3 Å². The zero-order chi connectivity index (χ0) is 18.5. The molecule has 1 aromatic rings. The van der Waals surface area contributed by atoms with Crippen LogP contribution in [0.3, 0.4) is 0 Å². The van der Waals surface area contributed by atoms with Crippen LogP contribution in [0.4, 0.5) is 0 Å². The molecule has 0 radical (unpaired) electrons. The summed E-state index contributed by atoms with van der Waals surface area (Å²) in [6, 6.07) is 12.5. The summed E-state index contributed by atoms with van der Waals surface area (Å²) in [5.41, 5.74) is -4.90. The van der Waals surface area contributed by atoms with Crippen molar-refractivity contribution in [3.8, 4) is 24.0 Å². The van der Waals surface area contributed by atoms with Crippen molar-refractivity contribution in [2.75, 3.05) is 7.11 Å². The molecule has 2 aliphatic rings. The molecule has 2 N–H and O–H groups in total. The highest BCUT2D eigenvalue weighted by molar-refractivity contribution is 5.92. The number of fused-ring (bicyclic) bond motifs is 2. The van der Waals surface area contributed by atoms with Crippen molar-refractivity contribution in [2.24, 2.45) is 16.7 Å². The second-order valence-electron chi connectivity index (χ2n) is 6.64. The smallest absolute Gasteiger partial charge is 0.245 e. The van der Waals surface area contributed by atoms with E-state index in [1.807, 2.05) is 18.2 Å². The van der Waals surface area contributed by atoms with Gasteiger partial charge in [-0.2, -0.15) is 15.8 Å². The monoisotopic (exact) mass is 336 g/mol. The van der Waals surface area contributed by atoms with Crippen LogP contribution in [0.25, 0.3) is 0 Å². The summed E-state index contributed by atoms with van der Waals surface area (Å²) in [5, 5.41) is 42.9. The zero-order valence-corrected chi connectivity index (χ0v) is 13.8. The lowest BCUT2D eigenvalue weighted by Gasteiger charge is -2.48. The quantitative estimate of drug-likeness (QED) is 0.834. The Morgan fingerprint density at radius 1 is 1.20 bits per heavy atom. The lowest BCUT2D eigenvalue weighted by Crippen LogP contribution is -2.56. The number of carbonyl (C=O) groups excluding carboxylic acids is 1. The molecule has 1 heterocycles. The third-order valence-electron chi connectivity index (χ3n) is 5.66. The van der Waals surface area contributed by atoms with Crippen LogP contribution in [-0.4, -0.2) is 23.8 Å². The van der Waals surface area contributed by atoms with Crippen LogP contribution in [0.1, 0.15) is 24.8 Å². The minimum Gasteiger partial charge on any atom is -0.497 e. The minimum absolute atomic E-state index is 0.287. The van der Waals surface area contributed by atoms with Gasteiger partial charge in [0.15, 0.2) is 10.8 Å². The summed E-state index contributed by atoms with van der Waals surface area (Å²) >= 11 is 0. The average molecular weight is 336 g/mol. The maximum absolute atomic E-state index is 12.6. The number of carbonyl (C=O) groups is 1. The van der Waals surface area contributed by atoms with E-state index >= 15 is 0 Å². The molecule has 2 fully saturated rings. The van der Waals surface area contributed by atoms with Gasteiger partial charge in [-0.15, -0.1) is 0 Å². The molecular weight excluding hydrogens is 320 g/mol. The van der Waals surface area contributed by atoms with Crippen molar-refractivity contribution in [1.82, 2.24) is 5.32 Å². The van der Waals surface area contributed by atoms with Crippen molar-refractivity contribution in [3.63, 3.8) is 0 Å². The number of amides is 1. The summed E-state index contributed by atoms with van der Waals surface area (Å²) in [6.07, 6.45) is -0.287. The predicted octanol–water partition coefficient (Wildman–Crippen LogP) is 1.18. The first-order valence-electron chi connectivity index (χ1n) is 7.77. The minimum atomic E-state index is -1.93. The maximum atomic E-state index is 12.6. The van der Waals surface area contributed by atoms with Crippen LogP contribution in [0, 0.1) is 50.7 Å². The summed E-state index contributed by atoms with van der Waals surface area (Å²) in [6.45, 7) is 1.67. The number of benzene rings is 1. The first-order valence-corrected chi connectivity index (χ1v) is 7.77. The first kappa shape index (κ1) is 16.8. The Hall–Kier alpha value is -3.08. The predicted molar refractivity (Wildman–Crippen MR) is 84.3 cm³/mol. The molecule has 1 amide bonds. The number of hydrogen-bond donors (Lipinski definition) is 2. The lowest BCUT2D eigenvalue weighted by atomic mass is 9.49. The summed E-state index contributed by atoms with van der Waals surface area (Å²) in [4.78, 5) is 12.6. The topological polar surface area (TPSA) is 130 Å². The maximum Gasteiger partial charge on any atom is 0.245 e. The normalized spacial score (nSPS) is 35.0. The fourth-order valence-corrected chi connectivity index (χ4v) is 4.22. The van der Waals surface area contributed by atoms with Crippen molar-refractivity contribution in [3.05, 3.63) is 29.8 Å². The highest BCUT2D eigenvalue weighted by Gasteiger charge is 2.76. The van der Waals surface area contributed by atoms with Crippen LogP contribution in [0.2, 0.25) is 0 Å². The molecule has 1 aromatic carbocycles. The van der Waals surface area contributed by atoms with Gasteiger partial charge in [-0.3, -0.25) is 4.79 Å². The van der Waals surface area contributed by atoms with E-state index in [1.165, 1.54) is 7.11 Å². The summed E-state index contributed by atoms with van der Waals surface area (Å²) in [5.74, 6) is -1.65. The van der Waals surface area contributed by atoms with E-state index in [-0.39, 0.29) is 6.42 Å². The number of ether oxygens (including phenoxy) is 1. The van der Waals surface area contributed by atoms with Crippen molar-refractivity contribution >= 4 is 5.91 Å². The number of nitrogens with one attached hydrogen (secondary N) is 1. The van der Waals surface area contributed by atoms with Gasteiger partial charge in [0.1, 0.15) is 11.5 Å². The number of aliphatic hydroxyl groups is 1. The van der Waals surface area contributed by atoms with Gasteiger partial charge in [0.05, 0.1) is 25.3 Å². The molecule has 7 heteroatoms. The molecule has 1 saturated carbocycles. The number of rotatable bonds is 2. The molecule has 1 aliphatic carbocycles. The number of nitrogens with zero attached hydrogens (tertiary/aromatic N) is 3. The molecule has 0 spiro atoms. The molecule has 126 valence electrons. The highest BCUT2D eigenvalue weighted by Crippen LogP contribution is 2.64. The number of hydrogen-bond acceptors (Lipinski definition) is 6. The first-order chi connectivity index (χ1) is 11.8. The second kappa shape index (κ2) is 5.21. The van der Waals surface area contributed by atoms with Crippen LogP contribution in [0.5, 0.6) is 5.75 Å². The SMILES string of the molecule is COc1ccc([C@H]2[C@@H](C)[C@@]3(O)C[C@@](C#N)(C(=O)N3)C2(C#N)C#N)cc1. The van der Waals surface area contributed by atoms with Crippen LogP contribution >= 0.6 is 0 Å². The molecule has 7 nitrogen and oxygen atoms in total. The van der Waals surface area contributed by atoms with E-state index in [1.54, 1.807) is 31.2 Å². The highest BCUT2D eigenvalue weighted by atomic mass is 16.5. The Morgan fingerprint density at radius 2 is 1.80 bits per heavy atom. The Bertz CT molecular complexity index is 846. The molecule has 4 atom stereocenters. The molecule has 25 heavy (non-hydrogen) atoms. The number of methoxy groups -OCH3 is 1. The fraction of sp³-hybridized carbons (Fsp3) is 0.444. The number of nitriles is 3. The van der Waals surface area contributed by atoms with Gasteiger partial charge >= 0.3 is 0 Å². The molecular formula is C18H16N4O3. The lowest BCUT2D eigenvalue weighted by molar-refractivity contribution is -0.128. The van der Waals surface area contributed by atoms with E-state index in [9.17, 15) is 25.7 Å². The van der Waals surface area contributed by atoms with Gasteiger partial charge in [0.25, 0.3) is 0 Å². The Morgan fingerprint density at radius 3 is 2.28 bits per heavy atom. The van der Waals surface area contributed by atoms with E-state index in [2.05, 4.69) is 5.32 Å². The van der Waals surface area contributed by atoms with Gasteiger partial charge < -0.3 is 15.2 Å². The van der Waals surface area contributed by atoms with Crippen LogP contribution < -0.4 is 10.1 Å². The van der Waals surface area contributed by atoms with Crippen molar-refractivity contribution in [2.45, 2.75) is 25.0 Å². The van der Waals surface area contributed by atoms with Gasteiger partial charge in [-0.1, -0.05) is 19.1 Å². The van der Waals surface area contributed by atoms with Crippen LogP contribution in [0.15, 0.2) is 24.3 Å². The fourth-order valence-electron chi connectivity index (χ4n) is 4.22. The third-order valence-corrected chi connectivity index (χ3v) is 5.66.